The van der Waals surface area contributed by atoms with E-state index in [-0.39, 0.29) is 22.5 Å². The number of nitrogens with one attached hydrogen (secondary N) is 1. The largest absolute Gasteiger partial charge is 0.417 e. The van der Waals surface area contributed by atoms with E-state index in [2.05, 4.69) is 0 Å². The molecule has 1 heterocycles. The maximum Gasteiger partial charge on any atom is 0.417 e. The van der Waals surface area contributed by atoms with Crippen LogP contribution in [0.25, 0.3) is 0 Å². The molecule has 13 heteroatoms. The van der Waals surface area contributed by atoms with Crippen LogP contribution in [0.1, 0.15) is 21.5 Å². The molecule has 2 aromatic rings. The molecule has 1 aromatic heterocycles. The fourth-order valence-electron chi connectivity index (χ4n) is 1.82. The molecule has 0 unspecified atom stereocenters. The summed E-state index contributed by atoms with van der Waals surface area (Å²) >= 11 is 6.09. The monoisotopic (exact) mass is 437 g/mol. The fraction of sp³-hybridized carbons (Fsp3) is 0.154. The van der Waals surface area contributed by atoms with Gasteiger partial charge in [0, 0.05) is 0 Å². The Kier molecular flexibility index (Phi) is 5.32. The van der Waals surface area contributed by atoms with Crippen molar-refractivity contribution in [2.45, 2.75) is 16.6 Å². The van der Waals surface area contributed by atoms with Gasteiger partial charge in [-0.1, -0.05) is 11.6 Å². The van der Waals surface area contributed by atoms with Gasteiger partial charge in [0.15, 0.2) is 0 Å². The van der Waals surface area contributed by atoms with Crippen LogP contribution in [0, 0.1) is 0 Å². The van der Waals surface area contributed by atoms with Crippen LogP contribution in [0.15, 0.2) is 34.5 Å². The van der Waals surface area contributed by atoms with Crippen molar-refractivity contribution in [1.82, 2.24) is 4.72 Å². The second-order valence-corrected chi connectivity index (χ2v) is 8.37. The van der Waals surface area contributed by atoms with E-state index >= 15 is 0 Å². The van der Waals surface area contributed by atoms with Crippen molar-refractivity contribution in [1.29, 1.82) is 0 Å². The average Bonchev–Trinajstić information content (AvgIpc) is 2.92. The Morgan fingerprint density at radius 2 is 1.62 bits per heavy atom. The molecule has 0 saturated carbocycles. The minimum Gasteiger partial charge on any atom is -0.268 e. The van der Waals surface area contributed by atoms with Crippen molar-refractivity contribution < 1.29 is 39.6 Å². The summed E-state index contributed by atoms with van der Waals surface area (Å²) < 4.78 is 102. The summed E-state index contributed by atoms with van der Waals surface area (Å²) in [6.45, 7) is 0. The molecule has 4 nitrogen and oxygen atoms in total. The van der Waals surface area contributed by atoms with Gasteiger partial charge in [-0.2, -0.15) is 26.3 Å². The first-order chi connectivity index (χ1) is 11.7. The van der Waals surface area contributed by atoms with E-state index in [0.29, 0.717) is 11.3 Å². The van der Waals surface area contributed by atoms with Crippen molar-refractivity contribution in [3.05, 3.63) is 51.4 Å². The lowest BCUT2D eigenvalue weighted by atomic mass is 10.0. The third kappa shape index (κ3) is 4.48. The van der Waals surface area contributed by atoms with Crippen LogP contribution < -0.4 is 4.72 Å². The standard InChI is InChI=1S/C13H6ClF6NO3S2/c14-9-3-4-10(25-9)26(23,24)21-11(22)7-2-1-6(12(15,16)17)5-8(7)13(18,19)20/h1-5H,(H,21,22). The first kappa shape index (κ1) is 20.5. The Bertz CT molecular complexity index is 950. The Balaban J connectivity index is 2.46. The molecular formula is C13H6ClF6NO3S2. The summed E-state index contributed by atoms with van der Waals surface area (Å²) in [5.74, 6) is -1.73. The maximum absolute atomic E-state index is 13.0. The van der Waals surface area contributed by atoms with Crippen molar-refractivity contribution in [2.75, 3.05) is 0 Å². The quantitative estimate of drug-likeness (QED) is 0.716. The molecule has 142 valence electrons. The van der Waals surface area contributed by atoms with Gasteiger partial charge in [0.05, 0.1) is 21.0 Å². The molecule has 0 atom stereocenters. The van der Waals surface area contributed by atoms with E-state index in [1.165, 1.54) is 10.8 Å². The first-order valence-electron chi connectivity index (χ1n) is 6.33. The van der Waals surface area contributed by atoms with Crippen LogP contribution in [-0.4, -0.2) is 14.3 Å². The molecule has 0 aliphatic heterocycles. The summed E-state index contributed by atoms with van der Waals surface area (Å²) in [5.41, 5.74) is -4.81. The van der Waals surface area contributed by atoms with E-state index in [0.717, 1.165) is 6.07 Å². The number of sulfonamides is 1. The zero-order valence-electron chi connectivity index (χ0n) is 12.1. The highest BCUT2D eigenvalue weighted by Gasteiger charge is 2.40. The van der Waals surface area contributed by atoms with Gasteiger partial charge < -0.3 is 0 Å². The highest BCUT2D eigenvalue weighted by atomic mass is 35.5. The van der Waals surface area contributed by atoms with Crippen LogP contribution in [0.2, 0.25) is 4.34 Å². The molecule has 0 aliphatic rings. The molecule has 0 bridgehead atoms. The molecule has 1 N–H and O–H groups in total. The topological polar surface area (TPSA) is 63.2 Å². The molecule has 0 aliphatic carbocycles. The number of amides is 1. The van der Waals surface area contributed by atoms with Gasteiger partial charge in [-0.25, -0.2) is 13.1 Å². The molecule has 26 heavy (non-hydrogen) atoms. The molecule has 1 aromatic carbocycles. The van der Waals surface area contributed by atoms with Gasteiger partial charge in [-0.15, -0.1) is 11.3 Å². The van der Waals surface area contributed by atoms with E-state index < -0.39 is 49.2 Å². The number of alkyl halides is 6. The number of rotatable bonds is 3. The fourth-order valence-corrected chi connectivity index (χ4v) is 4.27. The van der Waals surface area contributed by atoms with Crippen LogP contribution in [0.4, 0.5) is 26.3 Å². The minimum atomic E-state index is -5.32. The van der Waals surface area contributed by atoms with E-state index in [1.54, 1.807) is 0 Å². The minimum absolute atomic E-state index is 0.0448. The van der Waals surface area contributed by atoms with Gasteiger partial charge in [0.25, 0.3) is 15.9 Å². The van der Waals surface area contributed by atoms with Crippen LogP contribution in [-0.2, 0) is 22.4 Å². The van der Waals surface area contributed by atoms with Crippen LogP contribution in [0.3, 0.4) is 0 Å². The maximum atomic E-state index is 13.0. The predicted molar refractivity (Wildman–Crippen MR) is 80.4 cm³/mol. The van der Waals surface area contributed by atoms with Gasteiger partial charge in [0.1, 0.15) is 4.21 Å². The Hall–Kier alpha value is -1.79. The molecule has 1 amide bonds. The zero-order chi connectivity index (χ0) is 19.9. The van der Waals surface area contributed by atoms with Crippen molar-refractivity contribution in [3.8, 4) is 0 Å². The van der Waals surface area contributed by atoms with Gasteiger partial charge in [-0.05, 0) is 30.3 Å². The van der Waals surface area contributed by atoms with Gasteiger partial charge >= 0.3 is 12.4 Å². The molecule has 0 radical (unpaired) electrons. The number of hydrogen-bond acceptors (Lipinski definition) is 4. The Morgan fingerprint density at radius 1 is 1.00 bits per heavy atom. The Morgan fingerprint density at radius 3 is 2.08 bits per heavy atom. The Labute approximate surface area is 151 Å². The lowest BCUT2D eigenvalue weighted by Crippen LogP contribution is -2.32. The number of thiophene rings is 1. The van der Waals surface area contributed by atoms with E-state index in [9.17, 15) is 39.6 Å². The van der Waals surface area contributed by atoms with E-state index in [1.807, 2.05) is 0 Å². The smallest absolute Gasteiger partial charge is 0.268 e. The summed E-state index contributed by atoms with van der Waals surface area (Å²) in [7, 11) is -4.54. The predicted octanol–water partition coefficient (Wildman–Crippen LogP) is 4.56. The second kappa shape index (κ2) is 6.74. The molecular weight excluding hydrogens is 432 g/mol. The zero-order valence-corrected chi connectivity index (χ0v) is 14.5. The molecule has 0 saturated heterocycles. The lowest BCUT2D eigenvalue weighted by molar-refractivity contribution is -0.143. The molecule has 0 spiro atoms. The van der Waals surface area contributed by atoms with E-state index in [4.69, 9.17) is 11.6 Å². The number of carbonyl (C=O) groups is 1. The summed E-state index contributed by atoms with van der Waals surface area (Å²) in [5, 5.41) is 0. The molecule has 0 fully saturated rings. The third-order valence-electron chi connectivity index (χ3n) is 2.94. The summed E-state index contributed by atoms with van der Waals surface area (Å²) in [6.07, 6.45) is -10.4. The first-order valence-corrected chi connectivity index (χ1v) is 9.00. The highest BCUT2D eigenvalue weighted by molar-refractivity contribution is 7.92. The van der Waals surface area contributed by atoms with Crippen molar-refractivity contribution in [2.24, 2.45) is 0 Å². The highest BCUT2D eigenvalue weighted by Crippen LogP contribution is 2.37. The summed E-state index contributed by atoms with van der Waals surface area (Å²) in [4.78, 5) is 12.0. The van der Waals surface area contributed by atoms with Crippen LogP contribution >= 0.6 is 22.9 Å². The van der Waals surface area contributed by atoms with Crippen molar-refractivity contribution in [3.63, 3.8) is 0 Å². The van der Waals surface area contributed by atoms with Crippen molar-refractivity contribution >= 4 is 38.9 Å². The average molecular weight is 438 g/mol. The van der Waals surface area contributed by atoms with Gasteiger partial charge in [-0.3, -0.25) is 4.79 Å². The SMILES string of the molecule is O=C(NS(=O)(=O)c1ccc(Cl)s1)c1ccc(C(F)(F)F)cc1C(F)(F)F. The normalized spacial score (nSPS) is 12.9. The lowest BCUT2D eigenvalue weighted by Gasteiger charge is -2.15. The second-order valence-electron chi connectivity index (χ2n) is 4.75. The molecule has 2 rings (SSSR count). The number of hydrogen-bond donors (Lipinski definition) is 1. The summed E-state index contributed by atoms with van der Waals surface area (Å²) in [6, 6.07) is 2.45. The number of benzene rings is 1. The number of carbonyl (C=O) groups excluding carboxylic acids is 1. The number of halogens is 7. The van der Waals surface area contributed by atoms with Crippen LogP contribution in [0.5, 0.6) is 0 Å². The third-order valence-corrected chi connectivity index (χ3v) is 5.99. The van der Waals surface area contributed by atoms with Gasteiger partial charge in [0.2, 0.25) is 0 Å².